The van der Waals surface area contributed by atoms with Crippen molar-refractivity contribution < 1.29 is 0 Å². The molecule has 0 aromatic heterocycles. The summed E-state index contributed by atoms with van der Waals surface area (Å²) in [6.07, 6.45) is 5.49. The van der Waals surface area contributed by atoms with Crippen molar-refractivity contribution in [1.82, 2.24) is 4.90 Å². The predicted molar refractivity (Wildman–Crippen MR) is 75.2 cm³/mol. The van der Waals surface area contributed by atoms with Crippen LogP contribution in [0.15, 0.2) is 30.3 Å². The van der Waals surface area contributed by atoms with Gasteiger partial charge in [0.15, 0.2) is 0 Å². The monoisotopic (exact) mass is 244 g/mol. The van der Waals surface area contributed by atoms with E-state index >= 15 is 0 Å². The van der Waals surface area contributed by atoms with Crippen molar-refractivity contribution in [2.75, 3.05) is 19.6 Å². The van der Waals surface area contributed by atoms with Gasteiger partial charge in [-0.2, -0.15) is 0 Å². The number of likely N-dealkylation sites (tertiary alicyclic amines) is 1. The number of nitrogens with zero attached hydrogens (tertiary/aromatic N) is 1. The molecule has 0 spiro atoms. The van der Waals surface area contributed by atoms with E-state index in [1.165, 1.54) is 44.3 Å². The molecule has 2 aliphatic rings. The summed E-state index contributed by atoms with van der Waals surface area (Å²) < 4.78 is 0. The predicted octanol–water partition coefficient (Wildman–Crippen LogP) is 2.64. The van der Waals surface area contributed by atoms with Crippen molar-refractivity contribution >= 4 is 0 Å². The zero-order valence-corrected chi connectivity index (χ0v) is 11.1. The van der Waals surface area contributed by atoms with Gasteiger partial charge >= 0.3 is 0 Å². The zero-order chi connectivity index (χ0) is 12.4. The van der Waals surface area contributed by atoms with Crippen molar-refractivity contribution in [3.8, 4) is 0 Å². The van der Waals surface area contributed by atoms with Crippen LogP contribution in [0.4, 0.5) is 0 Å². The van der Waals surface area contributed by atoms with E-state index < -0.39 is 0 Å². The molecule has 1 unspecified atom stereocenters. The number of nitrogens with two attached hydrogens (primary N) is 1. The van der Waals surface area contributed by atoms with Crippen molar-refractivity contribution in [3.05, 3.63) is 35.9 Å². The van der Waals surface area contributed by atoms with Gasteiger partial charge in [0, 0.05) is 13.1 Å². The molecule has 0 radical (unpaired) electrons. The second kappa shape index (κ2) is 5.02. The van der Waals surface area contributed by atoms with Crippen LogP contribution < -0.4 is 5.73 Å². The third kappa shape index (κ3) is 2.45. The van der Waals surface area contributed by atoms with Crippen LogP contribution in [0.1, 0.15) is 31.2 Å². The summed E-state index contributed by atoms with van der Waals surface area (Å²) in [5.41, 5.74) is 7.98. The lowest BCUT2D eigenvalue weighted by Crippen LogP contribution is -2.48. The maximum Gasteiger partial charge on any atom is 0.0233 e. The Bertz CT molecular complexity index is 385. The Balaban J connectivity index is 1.66. The highest BCUT2D eigenvalue weighted by atomic mass is 15.1. The van der Waals surface area contributed by atoms with Crippen LogP contribution in [-0.4, -0.2) is 24.5 Å². The molecule has 1 saturated carbocycles. The van der Waals surface area contributed by atoms with E-state index in [9.17, 15) is 0 Å². The van der Waals surface area contributed by atoms with E-state index in [-0.39, 0.29) is 0 Å². The second-order valence-corrected chi connectivity index (χ2v) is 6.14. The Morgan fingerprint density at radius 1 is 1.22 bits per heavy atom. The molecule has 2 N–H and O–H groups in total. The third-order valence-corrected chi connectivity index (χ3v) is 4.79. The average molecular weight is 244 g/mol. The van der Waals surface area contributed by atoms with Gasteiger partial charge in [0.05, 0.1) is 0 Å². The summed E-state index contributed by atoms with van der Waals surface area (Å²) in [6.45, 7) is 4.42. The molecule has 1 aliphatic carbocycles. The Kier molecular flexibility index (Phi) is 3.40. The van der Waals surface area contributed by atoms with Gasteiger partial charge in [-0.15, -0.1) is 0 Å². The van der Waals surface area contributed by atoms with Gasteiger partial charge in [0.25, 0.3) is 0 Å². The standard InChI is InChI=1S/C16H24N2/c17-12-16(15-7-8-15)9-4-10-18(13-16)11-14-5-2-1-3-6-14/h1-3,5-6,15H,4,7-13,17H2. The number of hydrogen-bond acceptors (Lipinski definition) is 2. The summed E-state index contributed by atoms with van der Waals surface area (Å²) in [7, 11) is 0. The molecule has 1 saturated heterocycles. The molecule has 1 aromatic carbocycles. The van der Waals surface area contributed by atoms with Crippen molar-refractivity contribution in [3.63, 3.8) is 0 Å². The van der Waals surface area contributed by atoms with Crippen LogP contribution in [0.2, 0.25) is 0 Å². The number of piperidine rings is 1. The first-order chi connectivity index (χ1) is 8.82. The Hall–Kier alpha value is -0.860. The highest BCUT2D eigenvalue weighted by Crippen LogP contribution is 2.49. The van der Waals surface area contributed by atoms with E-state index in [1.807, 2.05) is 0 Å². The maximum atomic E-state index is 6.11. The lowest BCUT2D eigenvalue weighted by atomic mass is 9.75. The van der Waals surface area contributed by atoms with Crippen LogP contribution in [0.5, 0.6) is 0 Å². The van der Waals surface area contributed by atoms with Gasteiger partial charge in [-0.1, -0.05) is 30.3 Å². The van der Waals surface area contributed by atoms with Gasteiger partial charge in [0.1, 0.15) is 0 Å². The molecule has 2 nitrogen and oxygen atoms in total. The van der Waals surface area contributed by atoms with E-state index in [0.29, 0.717) is 5.41 Å². The summed E-state index contributed by atoms with van der Waals surface area (Å²) in [5, 5.41) is 0. The fourth-order valence-electron chi connectivity index (χ4n) is 3.60. The Labute approximate surface area is 110 Å². The SMILES string of the molecule is NCC1(C2CC2)CCCN(Cc2ccccc2)C1. The fourth-order valence-corrected chi connectivity index (χ4v) is 3.60. The van der Waals surface area contributed by atoms with E-state index in [4.69, 9.17) is 5.73 Å². The second-order valence-electron chi connectivity index (χ2n) is 6.14. The minimum Gasteiger partial charge on any atom is -0.330 e. The largest absolute Gasteiger partial charge is 0.330 e. The van der Waals surface area contributed by atoms with Crippen LogP contribution in [0.25, 0.3) is 0 Å². The van der Waals surface area contributed by atoms with Crippen LogP contribution in [-0.2, 0) is 6.54 Å². The van der Waals surface area contributed by atoms with Crippen LogP contribution >= 0.6 is 0 Å². The molecule has 1 aromatic rings. The zero-order valence-electron chi connectivity index (χ0n) is 11.1. The molecule has 98 valence electrons. The highest BCUT2D eigenvalue weighted by Gasteiger charge is 2.46. The first kappa shape index (κ1) is 12.2. The number of hydrogen-bond donors (Lipinski definition) is 1. The van der Waals surface area contributed by atoms with E-state index in [0.717, 1.165) is 19.0 Å². The average Bonchev–Trinajstić information content (AvgIpc) is 3.25. The minimum absolute atomic E-state index is 0.438. The molecule has 0 bridgehead atoms. The molecule has 3 rings (SSSR count). The van der Waals surface area contributed by atoms with Crippen molar-refractivity contribution in [1.29, 1.82) is 0 Å². The summed E-state index contributed by atoms with van der Waals surface area (Å²) in [6, 6.07) is 10.8. The molecule has 1 heterocycles. The van der Waals surface area contributed by atoms with E-state index in [1.54, 1.807) is 0 Å². The number of rotatable bonds is 4. The summed E-state index contributed by atoms with van der Waals surface area (Å²) >= 11 is 0. The molecule has 1 aliphatic heterocycles. The smallest absolute Gasteiger partial charge is 0.0233 e. The molecule has 0 amide bonds. The molecular formula is C16H24N2. The Morgan fingerprint density at radius 2 is 2.00 bits per heavy atom. The van der Waals surface area contributed by atoms with Gasteiger partial charge in [-0.05, 0) is 55.7 Å². The molecular weight excluding hydrogens is 220 g/mol. The normalized spacial score (nSPS) is 29.4. The molecule has 2 fully saturated rings. The van der Waals surface area contributed by atoms with Gasteiger partial charge in [0.2, 0.25) is 0 Å². The quantitative estimate of drug-likeness (QED) is 0.882. The van der Waals surface area contributed by atoms with Crippen LogP contribution in [0, 0.1) is 11.3 Å². The van der Waals surface area contributed by atoms with Crippen LogP contribution in [0.3, 0.4) is 0 Å². The summed E-state index contributed by atoms with van der Waals surface area (Å²) in [5.74, 6) is 0.918. The molecule has 2 heteroatoms. The van der Waals surface area contributed by atoms with Gasteiger partial charge in [-0.25, -0.2) is 0 Å². The van der Waals surface area contributed by atoms with Crippen molar-refractivity contribution in [2.24, 2.45) is 17.1 Å². The highest BCUT2D eigenvalue weighted by molar-refractivity contribution is 5.14. The third-order valence-electron chi connectivity index (χ3n) is 4.79. The van der Waals surface area contributed by atoms with Crippen molar-refractivity contribution in [2.45, 2.75) is 32.2 Å². The summed E-state index contributed by atoms with van der Waals surface area (Å²) in [4.78, 5) is 2.62. The number of benzene rings is 1. The first-order valence-corrected chi connectivity index (χ1v) is 7.29. The first-order valence-electron chi connectivity index (χ1n) is 7.29. The van der Waals surface area contributed by atoms with Gasteiger partial charge < -0.3 is 5.73 Å². The lowest BCUT2D eigenvalue weighted by molar-refractivity contribution is 0.0701. The topological polar surface area (TPSA) is 29.3 Å². The molecule has 1 atom stereocenters. The molecule has 18 heavy (non-hydrogen) atoms. The maximum absolute atomic E-state index is 6.11. The Morgan fingerprint density at radius 3 is 2.67 bits per heavy atom. The van der Waals surface area contributed by atoms with E-state index in [2.05, 4.69) is 35.2 Å². The van der Waals surface area contributed by atoms with Gasteiger partial charge in [-0.3, -0.25) is 4.90 Å². The lowest BCUT2D eigenvalue weighted by Gasteiger charge is -2.43. The fraction of sp³-hybridized carbons (Fsp3) is 0.625. The minimum atomic E-state index is 0.438.